The van der Waals surface area contributed by atoms with Crippen LogP contribution < -0.4 is 14.5 Å². The predicted molar refractivity (Wildman–Crippen MR) is 144 cm³/mol. The predicted octanol–water partition coefficient (Wildman–Crippen LogP) is 3.38. The van der Waals surface area contributed by atoms with Gasteiger partial charge in [-0.25, -0.2) is 0 Å². The molecule has 0 spiro atoms. The van der Waals surface area contributed by atoms with Gasteiger partial charge in [0.25, 0.3) is 0 Å². The Morgan fingerprint density at radius 3 is 2.81 bits per heavy atom. The zero-order valence-corrected chi connectivity index (χ0v) is 22.0. The molecule has 2 aliphatic heterocycles. The van der Waals surface area contributed by atoms with E-state index in [2.05, 4.69) is 51.7 Å². The van der Waals surface area contributed by atoms with Crippen molar-refractivity contribution in [2.45, 2.75) is 46.2 Å². The molecule has 194 valence electrons. The Hall–Kier alpha value is -4.13. The van der Waals surface area contributed by atoms with Crippen molar-refractivity contribution >= 4 is 28.3 Å². The number of benzene rings is 1. The lowest BCUT2D eigenvalue weighted by molar-refractivity contribution is -0.128. The van der Waals surface area contributed by atoms with Crippen LogP contribution in [0.3, 0.4) is 0 Å². The maximum absolute atomic E-state index is 12.3. The molecule has 10 heteroatoms. The second kappa shape index (κ2) is 11.3. The van der Waals surface area contributed by atoms with E-state index in [1.54, 1.807) is 12.0 Å². The van der Waals surface area contributed by atoms with Crippen LogP contribution >= 0.6 is 0 Å². The van der Waals surface area contributed by atoms with Gasteiger partial charge in [-0.05, 0) is 25.0 Å². The van der Waals surface area contributed by atoms with Gasteiger partial charge < -0.3 is 19.4 Å². The average Bonchev–Trinajstić information content (AvgIpc) is 3.41. The zero-order chi connectivity index (χ0) is 26.5. The number of methoxy groups -OCH3 is 1. The number of nitrogens with one attached hydrogen (secondary N) is 1. The number of aryl methyl sites for hydroxylation is 1. The van der Waals surface area contributed by atoms with Crippen LogP contribution in [0.1, 0.15) is 37.1 Å². The second-order valence-corrected chi connectivity index (χ2v) is 8.89. The molecule has 1 unspecified atom stereocenters. The van der Waals surface area contributed by atoms with E-state index in [0.717, 1.165) is 46.6 Å². The van der Waals surface area contributed by atoms with Crippen LogP contribution in [0.25, 0.3) is 10.9 Å². The Labute approximate surface area is 217 Å². The molecule has 1 N–H and O–H groups in total. The Bertz CT molecular complexity index is 1330. The van der Waals surface area contributed by atoms with Gasteiger partial charge in [-0.3, -0.25) is 9.89 Å². The van der Waals surface area contributed by atoms with Crippen molar-refractivity contribution in [3.05, 3.63) is 47.8 Å². The minimum Gasteiger partial charge on any atom is -0.467 e. The summed E-state index contributed by atoms with van der Waals surface area (Å²) in [6.07, 6.45) is 4.18. The van der Waals surface area contributed by atoms with Crippen molar-refractivity contribution in [2.24, 2.45) is 0 Å². The van der Waals surface area contributed by atoms with Gasteiger partial charge >= 0.3 is 6.01 Å². The van der Waals surface area contributed by atoms with Crippen molar-refractivity contribution in [2.75, 3.05) is 43.1 Å². The molecule has 1 atom stereocenters. The van der Waals surface area contributed by atoms with Gasteiger partial charge in [-0.1, -0.05) is 32.6 Å². The first-order chi connectivity index (χ1) is 18.0. The Morgan fingerprint density at radius 1 is 1.27 bits per heavy atom. The number of piperazine rings is 1. The van der Waals surface area contributed by atoms with Crippen molar-refractivity contribution in [1.29, 1.82) is 5.26 Å². The molecular weight excluding hydrogens is 468 g/mol. The number of H-pyrrole nitrogens is 1. The van der Waals surface area contributed by atoms with Crippen molar-refractivity contribution in [3.8, 4) is 12.1 Å². The molecule has 0 radical (unpaired) electrons. The molecule has 1 amide bonds. The first kappa shape index (κ1) is 25.9. The maximum atomic E-state index is 12.3. The number of hydrogen-bond acceptors (Lipinski definition) is 8. The third-order valence-corrected chi connectivity index (χ3v) is 6.88. The minimum absolute atomic E-state index is 0.147. The van der Waals surface area contributed by atoms with Crippen molar-refractivity contribution in [3.63, 3.8) is 0 Å². The molecular formula is C27H34N8O2. The van der Waals surface area contributed by atoms with Crippen LogP contribution in [0.5, 0.6) is 6.01 Å². The van der Waals surface area contributed by atoms with Crippen LogP contribution in [0, 0.1) is 18.3 Å². The summed E-state index contributed by atoms with van der Waals surface area (Å²) in [5.74, 6) is 0.683. The summed E-state index contributed by atoms with van der Waals surface area (Å²) >= 11 is 0. The van der Waals surface area contributed by atoms with E-state index >= 15 is 0 Å². The molecule has 10 nitrogen and oxygen atoms in total. The summed E-state index contributed by atoms with van der Waals surface area (Å²) < 4.78 is 5.47. The van der Waals surface area contributed by atoms with E-state index in [1.165, 1.54) is 11.6 Å². The van der Waals surface area contributed by atoms with Crippen LogP contribution in [-0.4, -0.2) is 70.3 Å². The fourth-order valence-corrected chi connectivity index (χ4v) is 5.18. The number of nitriles is 1. The number of hydrogen-bond donors (Lipinski definition) is 1. The van der Waals surface area contributed by atoms with Gasteiger partial charge in [0.15, 0.2) is 0 Å². The lowest BCUT2D eigenvalue weighted by Gasteiger charge is -2.42. The third-order valence-electron chi connectivity index (χ3n) is 6.88. The monoisotopic (exact) mass is 502 g/mol. The topological polar surface area (TPSA) is 114 Å². The highest BCUT2D eigenvalue weighted by Gasteiger charge is 2.33. The van der Waals surface area contributed by atoms with E-state index < -0.39 is 0 Å². The summed E-state index contributed by atoms with van der Waals surface area (Å²) in [5.41, 5.74) is 5.35. The summed E-state index contributed by atoms with van der Waals surface area (Å²) in [4.78, 5) is 28.0. The molecule has 3 aromatic rings. The van der Waals surface area contributed by atoms with Crippen LogP contribution in [0.15, 0.2) is 31.0 Å². The zero-order valence-electron chi connectivity index (χ0n) is 22.0. The van der Waals surface area contributed by atoms with Gasteiger partial charge in [0, 0.05) is 37.1 Å². The summed E-state index contributed by atoms with van der Waals surface area (Å²) in [6, 6.07) is 6.51. The van der Waals surface area contributed by atoms with Gasteiger partial charge in [0.05, 0.1) is 55.3 Å². The molecule has 0 saturated carbocycles. The van der Waals surface area contributed by atoms with E-state index in [4.69, 9.17) is 14.7 Å². The second-order valence-electron chi connectivity index (χ2n) is 8.89. The number of carbonyl (C=O) groups excluding carboxylic acids is 1. The summed E-state index contributed by atoms with van der Waals surface area (Å²) in [7, 11) is 1.57. The molecule has 2 aromatic heterocycles. The Kier molecular flexibility index (Phi) is 7.92. The number of nitrogens with zero attached hydrogens (tertiary/aromatic N) is 7. The van der Waals surface area contributed by atoms with Gasteiger partial charge in [-0.15, -0.1) is 0 Å². The van der Waals surface area contributed by atoms with Gasteiger partial charge in [0.1, 0.15) is 5.82 Å². The Balaban J connectivity index is 0.00000156. The first-order valence-electron chi connectivity index (χ1n) is 12.7. The molecule has 5 rings (SSSR count). The first-order valence-corrected chi connectivity index (χ1v) is 12.7. The summed E-state index contributed by atoms with van der Waals surface area (Å²) in [5, 5.41) is 17.8. The molecule has 0 bridgehead atoms. The highest BCUT2D eigenvalue weighted by atomic mass is 16.5. The number of amides is 1. The molecule has 1 saturated heterocycles. The molecule has 0 aliphatic carbocycles. The van der Waals surface area contributed by atoms with E-state index in [1.807, 2.05) is 20.0 Å². The lowest BCUT2D eigenvalue weighted by Crippen LogP contribution is -2.55. The van der Waals surface area contributed by atoms with Gasteiger partial charge in [0.2, 0.25) is 5.91 Å². The smallest absolute Gasteiger partial charge is 0.318 e. The maximum Gasteiger partial charge on any atom is 0.318 e. The quantitative estimate of drug-likeness (QED) is 0.528. The van der Waals surface area contributed by atoms with Crippen LogP contribution in [0.4, 0.5) is 11.5 Å². The summed E-state index contributed by atoms with van der Waals surface area (Å²) in [6.45, 7) is 12.8. The van der Waals surface area contributed by atoms with Crippen molar-refractivity contribution < 1.29 is 9.53 Å². The van der Waals surface area contributed by atoms with Crippen LogP contribution in [0.2, 0.25) is 0 Å². The van der Waals surface area contributed by atoms with E-state index in [-0.39, 0.29) is 18.4 Å². The number of anilines is 2. The number of fused-ring (bicyclic) bond motifs is 2. The normalized spacial score (nSPS) is 16.9. The number of rotatable bonds is 5. The van der Waals surface area contributed by atoms with E-state index in [9.17, 15) is 10.1 Å². The standard InChI is InChI=1S/C25H28N8O2.C2H6/c1-4-21(34)33-12-11-32(14-18(33)7-9-26)24-19-8-10-31(15-20(19)28-25(29-24)35-3)23-16(2)5-6-17-13-27-30-22(17)23;1-2/h4-6,13,18H,1,7-8,10-12,14-15H2,2-3H3,(H,27,30);1-2H3. The van der Waals surface area contributed by atoms with Gasteiger partial charge in [-0.2, -0.15) is 20.3 Å². The fourth-order valence-electron chi connectivity index (χ4n) is 5.18. The van der Waals surface area contributed by atoms with Crippen molar-refractivity contribution in [1.82, 2.24) is 25.1 Å². The SMILES string of the molecule is C=CC(=O)N1CCN(c2nc(OC)nc3c2CCN(c2c(C)ccc4cn[nH]c24)C3)CC1CC#N.CC. The molecule has 1 fully saturated rings. The Morgan fingerprint density at radius 2 is 2.08 bits per heavy atom. The lowest BCUT2D eigenvalue weighted by atomic mass is 10.0. The average molecular weight is 503 g/mol. The number of carbonyl (C=O) groups is 1. The highest BCUT2D eigenvalue weighted by molar-refractivity contribution is 5.92. The third kappa shape index (κ3) is 4.94. The number of aromatic amines is 1. The minimum atomic E-state index is -0.225. The molecule has 4 heterocycles. The molecule has 1 aromatic carbocycles. The van der Waals surface area contributed by atoms with E-state index in [0.29, 0.717) is 32.2 Å². The number of aromatic nitrogens is 4. The fraction of sp³-hybridized carbons (Fsp3) is 0.444. The number of ether oxygens (including phenoxy) is 1. The molecule has 37 heavy (non-hydrogen) atoms. The highest BCUT2D eigenvalue weighted by Crippen LogP contribution is 2.35. The van der Waals surface area contributed by atoms with Crippen LogP contribution in [-0.2, 0) is 17.8 Å². The molecule has 2 aliphatic rings. The largest absolute Gasteiger partial charge is 0.467 e.